The van der Waals surface area contributed by atoms with Gasteiger partial charge in [0.25, 0.3) is 0 Å². The molecule has 0 radical (unpaired) electrons. The lowest BCUT2D eigenvalue weighted by molar-refractivity contribution is -0.135. The van der Waals surface area contributed by atoms with E-state index in [1.807, 2.05) is 4.90 Å². The van der Waals surface area contributed by atoms with Gasteiger partial charge in [0.1, 0.15) is 0 Å². The molecule has 0 aromatic heterocycles. The molecule has 1 aliphatic rings. The van der Waals surface area contributed by atoms with Crippen LogP contribution in [0.2, 0.25) is 0 Å². The van der Waals surface area contributed by atoms with Crippen LogP contribution < -0.4 is 0 Å². The highest BCUT2D eigenvalue weighted by molar-refractivity contribution is 5.78. The van der Waals surface area contributed by atoms with E-state index in [1.165, 1.54) is 0 Å². The van der Waals surface area contributed by atoms with Crippen LogP contribution in [0.15, 0.2) is 0 Å². The number of hydrogen-bond donors (Lipinski definition) is 1. The van der Waals surface area contributed by atoms with Crippen molar-refractivity contribution < 1.29 is 9.90 Å². The summed E-state index contributed by atoms with van der Waals surface area (Å²) in [6, 6.07) is 0. The van der Waals surface area contributed by atoms with Crippen LogP contribution >= 0.6 is 0 Å². The highest BCUT2D eigenvalue weighted by atomic mass is 16.3. The fraction of sp³-hybridized carbons (Fsp3) is 0.929. The van der Waals surface area contributed by atoms with Crippen molar-refractivity contribution >= 4 is 5.91 Å². The second-order valence-electron chi connectivity index (χ2n) is 6.33. The summed E-state index contributed by atoms with van der Waals surface area (Å²) in [7, 11) is 0. The van der Waals surface area contributed by atoms with Crippen LogP contribution in [0.25, 0.3) is 0 Å². The number of likely N-dealkylation sites (tertiary alicyclic amines) is 1. The molecule has 1 fully saturated rings. The molecule has 0 aliphatic carbocycles. The average Bonchev–Trinajstić information content (AvgIpc) is 2.20. The van der Waals surface area contributed by atoms with E-state index in [9.17, 15) is 4.79 Å². The number of aliphatic hydroxyl groups is 1. The largest absolute Gasteiger partial charge is 0.396 e. The topological polar surface area (TPSA) is 43.8 Å². The maximum absolute atomic E-state index is 12.2. The van der Waals surface area contributed by atoms with Crippen LogP contribution in [-0.2, 0) is 4.79 Å². The van der Waals surface area contributed by atoms with Crippen molar-refractivity contribution in [3.05, 3.63) is 0 Å². The van der Waals surface area contributed by atoms with E-state index in [0.29, 0.717) is 24.3 Å². The highest BCUT2D eigenvalue weighted by Crippen LogP contribution is 2.15. The fourth-order valence-electron chi connectivity index (χ4n) is 2.37. The van der Waals surface area contributed by atoms with E-state index in [0.717, 1.165) is 26.2 Å². The number of hydrogen-bond acceptors (Lipinski definition) is 3. The van der Waals surface area contributed by atoms with E-state index in [1.54, 1.807) is 0 Å². The quantitative estimate of drug-likeness (QED) is 0.740. The van der Waals surface area contributed by atoms with Crippen LogP contribution in [-0.4, -0.2) is 60.1 Å². The zero-order valence-corrected chi connectivity index (χ0v) is 12.2. The molecular weight excluding hydrogens is 228 g/mol. The molecule has 4 heteroatoms. The smallest absolute Gasteiger partial charge is 0.236 e. The molecule has 4 nitrogen and oxygen atoms in total. The minimum absolute atomic E-state index is 0.230. The fourth-order valence-corrected chi connectivity index (χ4v) is 2.37. The summed E-state index contributed by atoms with van der Waals surface area (Å²) < 4.78 is 0. The summed E-state index contributed by atoms with van der Waals surface area (Å²) in [4.78, 5) is 16.3. The highest BCUT2D eigenvalue weighted by Gasteiger charge is 2.29. The van der Waals surface area contributed by atoms with Crippen molar-refractivity contribution in [3.63, 3.8) is 0 Å². The summed E-state index contributed by atoms with van der Waals surface area (Å²) in [6.07, 6.45) is 0. The van der Waals surface area contributed by atoms with Gasteiger partial charge >= 0.3 is 0 Å². The van der Waals surface area contributed by atoms with Gasteiger partial charge in [0.2, 0.25) is 5.91 Å². The molecule has 18 heavy (non-hydrogen) atoms. The summed E-state index contributed by atoms with van der Waals surface area (Å²) in [5.74, 6) is 1.62. The van der Waals surface area contributed by atoms with E-state index in [-0.39, 0.29) is 12.5 Å². The number of aliphatic hydroxyl groups excluding tert-OH is 1. The van der Waals surface area contributed by atoms with Gasteiger partial charge in [0.15, 0.2) is 0 Å². The van der Waals surface area contributed by atoms with Gasteiger partial charge in [-0.15, -0.1) is 0 Å². The molecule has 0 bridgehead atoms. The van der Waals surface area contributed by atoms with Crippen LogP contribution in [0.1, 0.15) is 27.7 Å². The summed E-state index contributed by atoms with van der Waals surface area (Å²) in [5.41, 5.74) is 0. The van der Waals surface area contributed by atoms with Gasteiger partial charge in [0, 0.05) is 38.7 Å². The van der Waals surface area contributed by atoms with E-state index >= 15 is 0 Å². The molecule has 1 heterocycles. The predicted molar refractivity (Wildman–Crippen MR) is 73.3 cm³/mol. The molecule has 0 aromatic rings. The molecule has 0 unspecified atom stereocenters. The molecule has 1 N–H and O–H groups in total. The Labute approximate surface area is 111 Å². The standard InChI is InChI=1S/C14H28N2O2/c1-11(2)5-16(6-12(3)4)14(18)9-15-7-13(8-15)10-17/h11-13,17H,5-10H2,1-4H3. The van der Waals surface area contributed by atoms with Crippen molar-refractivity contribution in [3.8, 4) is 0 Å². The Morgan fingerprint density at radius 1 is 1.22 bits per heavy atom. The number of carbonyl (C=O) groups is 1. The maximum atomic E-state index is 12.2. The Kier molecular flexibility index (Phi) is 6.09. The Balaban J connectivity index is 2.39. The minimum Gasteiger partial charge on any atom is -0.396 e. The average molecular weight is 256 g/mol. The van der Waals surface area contributed by atoms with E-state index in [2.05, 4.69) is 32.6 Å². The maximum Gasteiger partial charge on any atom is 0.236 e. The molecule has 1 aliphatic heterocycles. The van der Waals surface area contributed by atoms with Crippen LogP contribution in [0.3, 0.4) is 0 Å². The van der Waals surface area contributed by atoms with Crippen molar-refractivity contribution in [1.82, 2.24) is 9.80 Å². The van der Waals surface area contributed by atoms with Gasteiger partial charge in [-0.2, -0.15) is 0 Å². The monoisotopic (exact) mass is 256 g/mol. The first-order chi connectivity index (χ1) is 8.42. The third-order valence-electron chi connectivity index (χ3n) is 3.17. The first-order valence-corrected chi connectivity index (χ1v) is 7.03. The molecule has 0 spiro atoms. The van der Waals surface area contributed by atoms with Crippen molar-refractivity contribution in [2.45, 2.75) is 27.7 Å². The van der Waals surface area contributed by atoms with Gasteiger partial charge in [-0.3, -0.25) is 9.69 Å². The van der Waals surface area contributed by atoms with E-state index < -0.39 is 0 Å². The zero-order chi connectivity index (χ0) is 13.7. The number of rotatable bonds is 7. The lowest BCUT2D eigenvalue weighted by Crippen LogP contribution is -2.53. The number of carbonyl (C=O) groups excluding carboxylic acids is 1. The Morgan fingerprint density at radius 2 is 1.72 bits per heavy atom. The van der Waals surface area contributed by atoms with Gasteiger partial charge < -0.3 is 10.0 Å². The van der Waals surface area contributed by atoms with Crippen molar-refractivity contribution in [1.29, 1.82) is 0 Å². The molecule has 0 atom stereocenters. The molecule has 1 saturated heterocycles. The third kappa shape index (κ3) is 4.94. The SMILES string of the molecule is CC(C)CN(CC(C)C)C(=O)CN1CC(CO)C1. The molecule has 0 saturated carbocycles. The molecule has 106 valence electrons. The van der Waals surface area contributed by atoms with Crippen LogP contribution in [0.5, 0.6) is 0 Å². The summed E-state index contributed by atoms with van der Waals surface area (Å²) in [5, 5.41) is 8.96. The molecular formula is C14H28N2O2. The van der Waals surface area contributed by atoms with Crippen molar-refractivity contribution in [2.75, 3.05) is 39.3 Å². The minimum atomic E-state index is 0.230. The number of nitrogens with zero attached hydrogens (tertiary/aromatic N) is 2. The Morgan fingerprint density at radius 3 is 2.11 bits per heavy atom. The van der Waals surface area contributed by atoms with Gasteiger partial charge in [0.05, 0.1) is 6.54 Å². The third-order valence-corrected chi connectivity index (χ3v) is 3.17. The Bertz CT molecular complexity index is 251. The van der Waals surface area contributed by atoms with E-state index in [4.69, 9.17) is 5.11 Å². The second-order valence-corrected chi connectivity index (χ2v) is 6.33. The zero-order valence-electron chi connectivity index (χ0n) is 12.2. The summed E-state index contributed by atoms with van der Waals surface area (Å²) in [6.45, 7) is 12.7. The van der Waals surface area contributed by atoms with Gasteiger partial charge in [-0.25, -0.2) is 0 Å². The second kappa shape index (κ2) is 7.10. The lowest BCUT2D eigenvalue weighted by atomic mass is 10.0. The number of amides is 1. The van der Waals surface area contributed by atoms with Gasteiger partial charge in [-0.05, 0) is 11.8 Å². The first kappa shape index (κ1) is 15.4. The first-order valence-electron chi connectivity index (χ1n) is 7.03. The van der Waals surface area contributed by atoms with Crippen molar-refractivity contribution in [2.24, 2.45) is 17.8 Å². The normalized spacial score (nSPS) is 17.3. The molecule has 1 rings (SSSR count). The van der Waals surface area contributed by atoms with Crippen LogP contribution in [0.4, 0.5) is 0 Å². The Hall–Kier alpha value is -0.610. The van der Waals surface area contributed by atoms with Crippen LogP contribution in [0, 0.1) is 17.8 Å². The van der Waals surface area contributed by atoms with Gasteiger partial charge in [-0.1, -0.05) is 27.7 Å². The lowest BCUT2D eigenvalue weighted by Gasteiger charge is -2.39. The summed E-state index contributed by atoms with van der Waals surface area (Å²) >= 11 is 0. The molecule has 0 aromatic carbocycles. The molecule has 1 amide bonds. The predicted octanol–water partition coefficient (Wildman–Crippen LogP) is 1.05.